The van der Waals surface area contributed by atoms with Crippen molar-refractivity contribution in [3.63, 3.8) is 0 Å². The Kier molecular flexibility index (Phi) is 2.55. The molecule has 4 rings (SSSR count). The zero-order chi connectivity index (χ0) is 15.0. The Hall–Kier alpha value is -1.18. The standard InChI is InChI=1S/C19H28N2/c1-13-12-14-16-17-15(13)19(4,5)7-9-21(17)11-10-20(16)8-6-18(14,2)3/h12H,6-11H2,1-5H3. The van der Waals surface area contributed by atoms with Gasteiger partial charge in [0.15, 0.2) is 0 Å². The molecule has 0 unspecified atom stereocenters. The van der Waals surface area contributed by atoms with Crippen LogP contribution in [0.15, 0.2) is 6.07 Å². The van der Waals surface area contributed by atoms with E-state index in [0.29, 0.717) is 10.8 Å². The fourth-order valence-electron chi connectivity index (χ4n) is 4.79. The first kappa shape index (κ1) is 13.5. The van der Waals surface area contributed by atoms with Gasteiger partial charge in [-0.25, -0.2) is 0 Å². The summed E-state index contributed by atoms with van der Waals surface area (Å²) in [6, 6.07) is 2.51. The van der Waals surface area contributed by atoms with Gasteiger partial charge in [0.2, 0.25) is 0 Å². The molecule has 0 bridgehead atoms. The van der Waals surface area contributed by atoms with Crippen LogP contribution in [0.1, 0.15) is 57.2 Å². The van der Waals surface area contributed by atoms with Crippen molar-refractivity contribution in [1.82, 2.24) is 0 Å². The first-order chi connectivity index (χ1) is 9.81. The van der Waals surface area contributed by atoms with Crippen LogP contribution >= 0.6 is 0 Å². The average molecular weight is 284 g/mol. The molecule has 21 heavy (non-hydrogen) atoms. The van der Waals surface area contributed by atoms with Crippen molar-refractivity contribution in [3.8, 4) is 0 Å². The van der Waals surface area contributed by atoms with Crippen LogP contribution in [-0.2, 0) is 10.8 Å². The van der Waals surface area contributed by atoms with Crippen LogP contribution in [-0.4, -0.2) is 26.2 Å². The molecule has 0 saturated carbocycles. The Morgan fingerprint density at radius 1 is 0.810 bits per heavy atom. The topological polar surface area (TPSA) is 6.48 Å². The molecule has 0 atom stereocenters. The predicted molar refractivity (Wildman–Crippen MR) is 90.9 cm³/mol. The average Bonchev–Trinajstić information content (AvgIpc) is 2.40. The minimum atomic E-state index is 0.315. The zero-order valence-corrected chi connectivity index (χ0v) is 14.2. The maximum atomic E-state index is 2.67. The number of nitrogens with zero attached hydrogens (tertiary/aromatic N) is 2. The van der Waals surface area contributed by atoms with E-state index in [1.807, 2.05) is 0 Å². The number of hydrogen-bond acceptors (Lipinski definition) is 2. The molecule has 0 N–H and O–H groups in total. The van der Waals surface area contributed by atoms with E-state index in [0.717, 1.165) is 0 Å². The molecule has 2 nitrogen and oxygen atoms in total. The molecule has 0 spiro atoms. The molecule has 1 aromatic carbocycles. The fourth-order valence-corrected chi connectivity index (χ4v) is 4.79. The molecule has 0 aromatic heterocycles. The van der Waals surface area contributed by atoms with Gasteiger partial charge in [0.1, 0.15) is 0 Å². The van der Waals surface area contributed by atoms with Gasteiger partial charge in [-0.05, 0) is 47.3 Å². The summed E-state index contributed by atoms with van der Waals surface area (Å²) in [4.78, 5) is 5.33. The fraction of sp³-hybridized carbons (Fsp3) is 0.684. The number of benzene rings is 1. The molecule has 0 fully saturated rings. The Labute approximate surface area is 129 Å². The van der Waals surface area contributed by atoms with E-state index in [2.05, 4.69) is 50.5 Å². The van der Waals surface area contributed by atoms with Crippen LogP contribution in [0.2, 0.25) is 0 Å². The summed E-state index contributed by atoms with van der Waals surface area (Å²) in [7, 11) is 0. The van der Waals surface area contributed by atoms with E-state index in [-0.39, 0.29) is 0 Å². The molecule has 0 radical (unpaired) electrons. The Morgan fingerprint density at radius 3 is 2.05 bits per heavy atom. The normalized spacial score (nSPS) is 24.8. The third-order valence-electron chi connectivity index (χ3n) is 6.16. The number of anilines is 2. The lowest BCUT2D eigenvalue weighted by molar-refractivity contribution is 0.421. The highest BCUT2D eigenvalue weighted by Gasteiger charge is 2.42. The second-order valence-electron chi connectivity index (χ2n) is 8.56. The van der Waals surface area contributed by atoms with Gasteiger partial charge in [-0.15, -0.1) is 0 Å². The van der Waals surface area contributed by atoms with E-state index >= 15 is 0 Å². The number of aryl methyl sites for hydroxylation is 1. The van der Waals surface area contributed by atoms with Crippen LogP contribution in [0.4, 0.5) is 11.4 Å². The van der Waals surface area contributed by atoms with E-state index in [4.69, 9.17) is 0 Å². The maximum absolute atomic E-state index is 2.67. The number of rotatable bonds is 0. The molecule has 3 heterocycles. The summed E-state index contributed by atoms with van der Waals surface area (Å²) in [6.07, 6.45) is 2.56. The SMILES string of the molecule is Cc1cc2c3c4c1C(C)(C)CCN4CCN3CCC2(C)C. The van der Waals surface area contributed by atoms with Gasteiger partial charge in [-0.3, -0.25) is 0 Å². The van der Waals surface area contributed by atoms with E-state index in [1.54, 1.807) is 22.5 Å². The molecule has 2 heteroatoms. The third-order valence-corrected chi connectivity index (χ3v) is 6.16. The summed E-state index contributed by atoms with van der Waals surface area (Å²) in [5.74, 6) is 0. The van der Waals surface area contributed by atoms with Crippen molar-refractivity contribution < 1.29 is 0 Å². The Bertz CT molecular complexity index is 612. The van der Waals surface area contributed by atoms with Crippen molar-refractivity contribution in [2.75, 3.05) is 36.0 Å². The molecular formula is C19H28N2. The van der Waals surface area contributed by atoms with E-state index in [9.17, 15) is 0 Å². The van der Waals surface area contributed by atoms with Gasteiger partial charge in [-0.1, -0.05) is 33.8 Å². The van der Waals surface area contributed by atoms with Gasteiger partial charge in [0, 0.05) is 26.2 Å². The molecular weight excluding hydrogens is 256 g/mol. The molecule has 0 amide bonds. The first-order valence-corrected chi connectivity index (χ1v) is 8.50. The second-order valence-corrected chi connectivity index (χ2v) is 8.56. The largest absolute Gasteiger partial charge is 0.368 e. The highest BCUT2D eigenvalue weighted by Crippen LogP contribution is 2.54. The lowest BCUT2D eigenvalue weighted by Gasteiger charge is -2.52. The van der Waals surface area contributed by atoms with Crippen LogP contribution in [0.3, 0.4) is 0 Å². The summed E-state index contributed by atoms with van der Waals surface area (Å²) >= 11 is 0. The molecule has 3 aliphatic rings. The first-order valence-electron chi connectivity index (χ1n) is 8.50. The molecule has 0 saturated heterocycles. The highest BCUT2D eigenvalue weighted by atomic mass is 15.3. The van der Waals surface area contributed by atoms with Crippen LogP contribution in [0.5, 0.6) is 0 Å². The van der Waals surface area contributed by atoms with Crippen molar-refractivity contribution in [2.45, 2.75) is 58.3 Å². The van der Waals surface area contributed by atoms with Gasteiger partial charge >= 0.3 is 0 Å². The smallest absolute Gasteiger partial charge is 0.0648 e. The minimum absolute atomic E-state index is 0.315. The van der Waals surface area contributed by atoms with Crippen LogP contribution < -0.4 is 9.80 Å². The third kappa shape index (κ3) is 1.71. The highest BCUT2D eigenvalue weighted by molar-refractivity contribution is 5.84. The Morgan fingerprint density at radius 2 is 1.38 bits per heavy atom. The molecule has 0 aliphatic carbocycles. The molecule has 3 aliphatic heterocycles. The zero-order valence-electron chi connectivity index (χ0n) is 14.2. The van der Waals surface area contributed by atoms with Crippen LogP contribution in [0, 0.1) is 6.92 Å². The van der Waals surface area contributed by atoms with Crippen molar-refractivity contribution in [1.29, 1.82) is 0 Å². The minimum Gasteiger partial charge on any atom is -0.368 e. The molecule has 1 aromatic rings. The number of hydrogen-bond donors (Lipinski definition) is 0. The lowest BCUT2D eigenvalue weighted by Crippen LogP contribution is -2.50. The van der Waals surface area contributed by atoms with Crippen molar-refractivity contribution in [2.24, 2.45) is 0 Å². The van der Waals surface area contributed by atoms with Gasteiger partial charge in [0.05, 0.1) is 11.4 Å². The lowest BCUT2D eigenvalue weighted by atomic mass is 9.69. The summed E-state index contributed by atoms with van der Waals surface area (Å²) in [5.41, 5.74) is 8.51. The van der Waals surface area contributed by atoms with E-state index in [1.165, 1.54) is 44.6 Å². The van der Waals surface area contributed by atoms with Crippen molar-refractivity contribution in [3.05, 3.63) is 22.8 Å². The van der Waals surface area contributed by atoms with Gasteiger partial charge in [0.25, 0.3) is 0 Å². The molecule has 114 valence electrons. The summed E-state index contributed by atoms with van der Waals surface area (Å²) < 4.78 is 0. The Balaban J connectivity index is 2.07. The predicted octanol–water partition coefficient (Wildman–Crippen LogP) is 3.98. The maximum Gasteiger partial charge on any atom is 0.0648 e. The van der Waals surface area contributed by atoms with Crippen molar-refractivity contribution >= 4 is 11.4 Å². The van der Waals surface area contributed by atoms with Gasteiger partial charge < -0.3 is 9.80 Å². The summed E-state index contributed by atoms with van der Waals surface area (Å²) in [6.45, 7) is 16.9. The summed E-state index contributed by atoms with van der Waals surface area (Å²) in [5, 5.41) is 0. The van der Waals surface area contributed by atoms with Crippen LogP contribution in [0.25, 0.3) is 0 Å². The monoisotopic (exact) mass is 284 g/mol. The quantitative estimate of drug-likeness (QED) is 0.711. The van der Waals surface area contributed by atoms with Gasteiger partial charge in [-0.2, -0.15) is 0 Å². The van der Waals surface area contributed by atoms with E-state index < -0.39 is 0 Å². The second kappa shape index (κ2) is 3.97.